The maximum atomic E-state index is 13.9. The lowest BCUT2D eigenvalue weighted by Gasteiger charge is -2.28. The molecule has 7 nitrogen and oxygen atoms in total. The second-order valence-electron chi connectivity index (χ2n) is 7.69. The van der Waals surface area contributed by atoms with Gasteiger partial charge in [0, 0.05) is 25.2 Å². The second kappa shape index (κ2) is 10.5. The van der Waals surface area contributed by atoms with Gasteiger partial charge >= 0.3 is 35.9 Å². The lowest BCUT2D eigenvalue weighted by atomic mass is 10.00. The predicted molar refractivity (Wildman–Crippen MR) is 108 cm³/mol. The molecule has 0 fully saturated rings. The Morgan fingerprint density at radius 3 is 1.69 bits per heavy atom. The quantitative estimate of drug-likeness (QED) is 0.360. The van der Waals surface area contributed by atoms with Crippen molar-refractivity contribution < 1.29 is 60.4 Å². The van der Waals surface area contributed by atoms with Crippen molar-refractivity contribution in [3.63, 3.8) is 0 Å². The molecule has 0 amide bonds. The number of carbonyl (C=O) groups is 3. The molecule has 0 spiro atoms. The Kier molecular flexibility index (Phi) is 8.34. The van der Waals surface area contributed by atoms with E-state index in [9.17, 15) is 50.2 Å². The largest absolute Gasteiger partial charge is 0.481 e. The number of hydrogen-bond acceptors (Lipinski definition) is 4. The molecule has 3 N–H and O–H groups in total. The summed E-state index contributed by atoms with van der Waals surface area (Å²) in [5.41, 5.74) is -2.20. The van der Waals surface area contributed by atoms with Crippen LogP contribution in [0.3, 0.4) is 0 Å². The molecule has 2 aromatic carbocycles. The van der Waals surface area contributed by atoms with Crippen LogP contribution in [0.2, 0.25) is 0 Å². The summed E-state index contributed by atoms with van der Waals surface area (Å²) in [5, 5.41) is 27.3. The average molecular weight is 525 g/mol. The highest BCUT2D eigenvalue weighted by atomic mass is 19.4. The van der Waals surface area contributed by atoms with Gasteiger partial charge in [-0.3, -0.25) is 9.69 Å². The highest BCUT2D eigenvalue weighted by Crippen LogP contribution is 2.51. The van der Waals surface area contributed by atoms with Gasteiger partial charge in [0.25, 0.3) is 0 Å². The molecular formula is C22H18F7NO6. The maximum Gasteiger partial charge on any atom is 0.460 e. The van der Waals surface area contributed by atoms with Gasteiger partial charge in [0.05, 0.1) is 17.5 Å². The van der Waals surface area contributed by atoms with Gasteiger partial charge in [-0.05, 0) is 23.3 Å². The van der Waals surface area contributed by atoms with Crippen molar-refractivity contribution in [3.05, 3.63) is 70.3 Å². The van der Waals surface area contributed by atoms with Crippen molar-refractivity contribution >= 4 is 17.9 Å². The summed E-state index contributed by atoms with van der Waals surface area (Å²) in [6.45, 7) is -0.460. The van der Waals surface area contributed by atoms with E-state index < -0.39 is 59.0 Å². The Balaban J connectivity index is 2.30. The van der Waals surface area contributed by atoms with E-state index in [0.29, 0.717) is 12.1 Å². The number of carboxylic acid groups (broad SMARTS) is 3. The molecule has 0 aliphatic rings. The van der Waals surface area contributed by atoms with Gasteiger partial charge in [-0.2, -0.15) is 30.7 Å². The number of benzene rings is 2. The van der Waals surface area contributed by atoms with Crippen LogP contribution >= 0.6 is 0 Å². The highest BCUT2D eigenvalue weighted by molar-refractivity contribution is 6.01. The van der Waals surface area contributed by atoms with Crippen LogP contribution in [0.1, 0.15) is 43.8 Å². The number of nitrogens with zero attached hydrogens (tertiary/aromatic N) is 1. The van der Waals surface area contributed by atoms with Crippen LogP contribution in [0.4, 0.5) is 30.7 Å². The Bertz CT molecular complexity index is 1130. The summed E-state index contributed by atoms with van der Waals surface area (Å²) < 4.78 is 91.6. The maximum absolute atomic E-state index is 13.9. The zero-order valence-corrected chi connectivity index (χ0v) is 18.0. The SMILES string of the molecule is O=C(O)CCN(Cc1ccc(C(F)(F)C(F)(F)C(F)(F)F)cc1)Cc1ccc(C(=O)O)c(C(=O)O)c1. The first-order chi connectivity index (χ1) is 16.5. The first kappa shape index (κ1) is 28.6. The average Bonchev–Trinajstić information content (AvgIpc) is 2.76. The summed E-state index contributed by atoms with van der Waals surface area (Å²) in [7, 11) is 0. The predicted octanol–water partition coefficient (Wildman–Crippen LogP) is 4.85. The van der Waals surface area contributed by atoms with Crippen LogP contribution < -0.4 is 0 Å². The molecule has 14 heteroatoms. The van der Waals surface area contributed by atoms with Crippen LogP contribution in [0.25, 0.3) is 0 Å². The molecular weight excluding hydrogens is 507 g/mol. The van der Waals surface area contributed by atoms with Crippen molar-refractivity contribution in [2.75, 3.05) is 6.54 Å². The summed E-state index contributed by atoms with van der Waals surface area (Å²) in [6.07, 6.45) is -6.90. The molecule has 196 valence electrons. The molecule has 0 heterocycles. The third-order valence-corrected chi connectivity index (χ3v) is 5.07. The molecule has 36 heavy (non-hydrogen) atoms. The van der Waals surface area contributed by atoms with Crippen molar-refractivity contribution in [2.45, 2.75) is 37.5 Å². The van der Waals surface area contributed by atoms with Crippen molar-refractivity contribution in [2.24, 2.45) is 0 Å². The van der Waals surface area contributed by atoms with Gasteiger partial charge in [0.15, 0.2) is 0 Å². The fraction of sp³-hybridized carbons (Fsp3) is 0.318. The number of halogens is 7. The standard InChI is InChI=1S/C22H18F7NO6/c23-20(24,21(25,26)22(27,28)29)14-4-1-12(2-5-14)10-30(8-7-17(31)32)11-13-3-6-15(18(33)34)16(9-13)19(35)36/h1-6,9H,7-8,10-11H2,(H,31,32)(H,33,34)(H,35,36). The third kappa shape index (κ3) is 6.30. The van der Waals surface area contributed by atoms with Gasteiger partial charge in [0.1, 0.15) is 0 Å². The van der Waals surface area contributed by atoms with Crippen LogP contribution in [0.5, 0.6) is 0 Å². The molecule has 2 aromatic rings. The van der Waals surface area contributed by atoms with E-state index in [1.165, 1.54) is 11.0 Å². The van der Waals surface area contributed by atoms with Gasteiger partial charge in [0.2, 0.25) is 0 Å². The topological polar surface area (TPSA) is 115 Å². The van der Waals surface area contributed by atoms with Gasteiger partial charge in [-0.15, -0.1) is 0 Å². The van der Waals surface area contributed by atoms with Crippen LogP contribution in [-0.4, -0.2) is 56.8 Å². The zero-order valence-electron chi connectivity index (χ0n) is 18.0. The molecule has 0 atom stereocenters. The summed E-state index contributed by atoms with van der Waals surface area (Å²) >= 11 is 0. The van der Waals surface area contributed by atoms with Crippen molar-refractivity contribution in [1.29, 1.82) is 0 Å². The fourth-order valence-electron chi connectivity index (χ4n) is 3.22. The van der Waals surface area contributed by atoms with Crippen molar-refractivity contribution in [3.8, 4) is 0 Å². The molecule has 0 saturated heterocycles. The number of rotatable bonds is 11. The molecule has 0 unspecified atom stereocenters. The lowest BCUT2D eigenvalue weighted by Crippen LogP contribution is -2.50. The highest BCUT2D eigenvalue weighted by Gasteiger charge is 2.73. The van der Waals surface area contributed by atoms with E-state index in [0.717, 1.165) is 24.3 Å². The van der Waals surface area contributed by atoms with Gasteiger partial charge in [-0.1, -0.05) is 30.3 Å². The minimum absolute atomic E-state index is 0.127. The van der Waals surface area contributed by atoms with E-state index in [1.807, 2.05) is 0 Å². The molecule has 2 rings (SSSR count). The van der Waals surface area contributed by atoms with E-state index in [-0.39, 0.29) is 30.8 Å². The second-order valence-corrected chi connectivity index (χ2v) is 7.69. The molecule has 0 radical (unpaired) electrons. The number of carboxylic acids is 3. The van der Waals surface area contributed by atoms with Crippen LogP contribution in [0, 0.1) is 0 Å². The third-order valence-electron chi connectivity index (χ3n) is 5.07. The molecule has 0 aliphatic carbocycles. The lowest BCUT2D eigenvalue weighted by molar-refractivity contribution is -0.359. The van der Waals surface area contributed by atoms with Gasteiger partial charge < -0.3 is 15.3 Å². The zero-order chi connectivity index (χ0) is 27.5. The summed E-state index contributed by atoms with van der Waals surface area (Å²) in [5.74, 6) is -16.1. The summed E-state index contributed by atoms with van der Waals surface area (Å²) in [6, 6.07) is 5.92. The molecule has 0 saturated carbocycles. The minimum Gasteiger partial charge on any atom is -0.481 e. The number of aliphatic carboxylic acids is 1. The smallest absolute Gasteiger partial charge is 0.460 e. The number of aromatic carboxylic acids is 2. The Morgan fingerprint density at radius 2 is 1.22 bits per heavy atom. The first-order valence-corrected chi connectivity index (χ1v) is 9.92. The Morgan fingerprint density at radius 1 is 0.722 bits per heavy atom. The molecule has 0 aromatic heterocycles. The van der Waals surface area contributed by atoms with E-state index >= 15 is 0 Å². The molecule has 0 aliphatic heterocycles. The summed E-state index contributed by atoms with van der Waals surface area (Å²) in [4.78, 5) is 35.0. The van der Waals surface area contributed by atoms with E-state index in [2.05, 4.69) is 0 Å². The Labute approximate surface area is 198 Å². The Hall–Kier alpha value is -3.68. The minimum atomic E-state index is -6.49. The van der Waals surface area contributed by atoms with Crippen LogP contribution in [-0.2, 0) is 23.8 Å². The van der Waals surface area contributed by atoms with E-state index in [4.69, 9.17) is 10.2 Å². The van der Waals surface area contributed by atoms with Crippen LogP contribution in [0.15, 0.2) is 42.5 Å². The first-order valence-electron chi connectivity index (χ1n) is 9.92. The molecule has 0 bridgehead atoms. The number of hydrogen-bond donors (Lipinski definition) is 3. The normalized spacial score (nSPS) is 12.6. The van der Waals surface area contributed by atoms with Gasteiger partial charge in [-0.25, -0.2) is 9.59 Å². The number of alkyl halides is 7. The monoisotopic (exact) mass is 525 g/mol. The van der Waals surface area contributed by atoms with Crippen molar-refractivity contribution in [1.82, 2.24) is 4.90 Å². The van der Waals surface area contributed by atoms with E-state index in [1.54, 1.807) is 0 Å². The fourth-order valence-corrected chi connectivity index (χ4v) is 3.22.